The fourth-order valence-corrected chi connectivity index (χ4v) is 3.30. The van der Waals surface area contributed by atoms with E-state index < -0.39 is 0 Å². The summed E-state index contributed by atoms with van der Waals surface area (Å²) in [4.78, 5) is 19.1. The van der Waals surface area contributed by atoms with E-state index in [0.717, 1.165) is 37.1 Å². The van der Waals surface area contributed by atoms with E-state index in [1.165, 1.54) is 0 Å². The lowest BCUT2D eigenvalue weighted by Gasteiger charge is -2.33. The summed E-state index contributed by atoms with van der Waals surface area (Å²) >= 11 is 0. The Morgan fingerprint density at radius 1 is 1.42 bits per heavy atom. The largest absolute Gasteiger partial charge is 0.337 e. The molecule has 0 saturated carbocycles. The lowest BCUT2D eigenvalue weighted by atomic mass is 10.0. The molecule has 2 amide bonds. The molecule has 1 fully saturated rings. The first kappa shape index (κ1) is 18.4. The number of nitrogens with one attached hydrogen (secondary N) is 1. The summed E-state index contributed by atoms with van der Waals surface area (Å²) in [6.45, 7) is 10.1. The normalized spacial score (nSPS) is 17.7. The molecule has 3 rings (SSSR count). The van der Waals surface area contributed by atoms with Crippen LogP contribution in [-0.4, -0.2) is 37.4 Å². The average molecular weight is 360 g/mol. The summed E-state index contributed by atoms with van der Waals surface area (Å²) in [6.07, 6.45) is 4.71. The van der Waals surface area contributed by atoms with Gasteiger partial charge in [-0.2, -0.15) is 10.1 Å². The zero-order valence-corrected chi connectivity index (χ0v) is 16.0. The van der Waals surface area contributed by atoms with Crippen molar-refractivity contribution in [3.05, 3.63) is 29.2 Å². The maximum absolute atomic E-state index is 12.8. The lowest BCUT2D eigenvalue weighted by Crippen LogP contribution is -2.44. The van der Waals surface area contributed by atoms with E-state index in [9.17, 15) is 4.79 Å². The third-order valence-electron chi connectivity index (χ3n) is 4.96. The molecule has 0 unspecified atom stereocenters. The number of amides is 2. The molecule has 3 heterocycles. The van der Waals surface area contributed by atoms with E-state index in [1.54, 1.807) is 0 Å². The Labute approximate surface area is 153 Å². The molecular formula is C18H28N6O2. The number of carbonyl (C=O) groups is 1. The van der Waals surface area contributed by atoms with Gasteiger partial charge < -0.3 is 14.7 Å². The maximum atomic E-state index is 12.8. The highest BCUT2D eigenvalue weighted by molar-refractivity contribution is 5.74. The number of piperidine rings is 1. The number of nitrogens with zero attached hydrogens (tertiary/aromatic N) is 5. The predicted molar refractivity (Wildman–Crippen MR) is 96.6 cm³/mol. The van der Waals surface area contributed by atoms with Gasteiger partial charge >= 0.3 is 6.03 Å². The number of aryl methyl sites for hydroxylation is 1. The molecule has 8 nitrogen and oxygen atoms in total. The van der Waals surface area contributed by atoms with Gasteiger partial charge in [0, 0.05) is 36.8 Å². The van der Waals surface area contributed by atoms with E-state index in [2.05, 4.69) is 27.5 Å². The zero-order chi connectivity index (χ0) is 18.7. The summed E-state index contributed by atoms with van der Waals surface area (Å²) in [5.74, 6) is 1.43. The molecule has 0 aliphatic carbocycles. The molecule has 2 aromatic rings. The monoisotopic (exact) mass is 360 g/mol. The molecule has 2 aromatic heterocycles. The molecule has 142 valence electrons. The summed E-state index contributed by atoms with van der Waals surface area (Å²) in [7, 11) is 0. The van der Waals surface area contributed by atoms with Crippen LogP contribution < -0.4 is 5.32 Å². The van der Waals surface area contributed by atoms with Crippen molar-refractivity contribution in [1.29, 1.82) is 0 Å². The van der Waals surface area contributed by atoms with Crippen molar-refractivity contribution in [3.8, 4) is 0 Å². The molecule has 0 radical (unpaired) electrons. The molecule has 8 heteroatoms. The number of rotatable bonds is 5. The van der Waals surface area contributed by atoms with Gasteiger partial charge in [0.15, 0.2) is 5.82 Å². The van der Waals surface area contributed by atoms with Gasteiger partial charge in [-0.3, -0.25) is 4.68 Å². The lowest BCUT2D eigenvalue weighted by molar-refractivity contribution is 0.131. The van der Waals surface area contributed by atoms with Crippen LogP contribution in [0.4, 0.5) is 4.79 Å². The van der Waals surface area contributed by atoms with Crippen molar-refractivity contribution in [2.24, 2.45) is 0 Å². The Kier molecular flexibility index (Phi) is 5.58. The second-order valence-electron chi connectivity index (χ2n) is 7.08. The van der Waals surface area contributed by atoms with Crippen LogP contribution in [0.25, 0.3) is 0 Å². The Hall–Kier alpha value is -2.38. The van der Waals surface area contributed by atoms with Crippen molar-refractivity contribution in [2.45, 2.75) is 72.0 Å². The first-order valence-electron chi connectivity index (χ1n) is 9.40. The fraction of sp³-hybridized carbons (Fsp3) is 0.667. The van der Waals surface area contributed by atoms with Crippen molar-refractivity contribution in [1.82, 2.24) is 30.1 Å². The second-order valence-corrected chi connectivity index (χ2v) is 7.08. The van der Waals surface area contributed by atoms with Gasteiger partial charge in [0.2, 0.25) is 5.89 Å². The quantitative estimate of drug-likeness (QED) is 0.885. The Balaban J connectivity index is 1.68. The molecule has 0 aromatic carbocycles. The highest BCUT2D eigenvalue weighted by Gasteiger charge is 2.32. The number of hydrogen-bond donors (Lipinski definition) is 1. The summed E-state index contributed by atoms with van der Waals surface area (Å²) in [5.41, 5.74) is 2.12. The van der Waals surface area contributed by atoms with Crippen LogP contribution >= 0.6 is 0 Å². The van der Waals surface area contributed by atoms with Crippen molar-refractivity contribution < 1.29 is 9.32 Å². The van der Waals surface area contributed by atoms with Crippen LogP contribution in [0.1, 0.15) is 75.0 Å². The Morgan fingerprint density at radius 3 is 2.88 bits per heavy atom. The van der Waals surface area contributed by atoms with Crippen molar-refractivity contribution in [3.63, 3.8) is 0 Å². The highest BCUT2D eigenvalue weighted by Crippen LogP contribution is 2.30. The number of carbonyl (C=O) groups excluding carboxylic acids is 1. The predicted octanol–water partition coefficient (Wildman–Crippen LogP) is 3.15. The van der Waals surface area contributed by atoms with Crippen LogP contribution in [0.5, 0.6) is 0 Å². The van der Waals surface area contributed by atoms with Gasteiger partial charge in [-0.25, -0.2) is 4.79 Å². The molecule has 1 N–H and O–H groups in total. The Morgan fingerprint density at radius 2 is 2.23 bits per heavy atom. The van der Waals surface area contributed by atoms with Gasteiger partial charge in [-0.05, 0) is 33.1 Å². The SMILES string of the molecule is CCn1ncc(CNC(=O)N2CCCC[C@H]2c2nc(C(C)C)no2)c1C. The van der Waals surface area contributed by atoms with E-state index in [-0.39, 0.29) is 18.0 Å². The first-order valence-corrected chi connectivity index (χ1v) is 9.40. The molecule has 0 bridgehead atoms. The molecule has 1 aliphatic heterocycles. The summed E-state index contributed by atoms with van der Waals surface area (Å²) < 4.78 is 7.38. The third kappa shape index (κ3) is 3.73. The third-order valence-corrected chi connectivity index (χ3v) is 4.96. The van der Waals surface area contributed by atoms with Gasteiger partial charge in [-0.1, -0.05) is 19.0 Å². The maximum Gasteiger partial charge on any atom is 0.318 e. The number of aromatic nitrogens is 4. The average Bonchev–Trinajstić information content (AvgIpc) is 3.27. The second kappa shape index (κ2) is 7.88. The zero-order valence-electron chi connectivity index (χ0n) is 16.0. The van der Waals surface area contributed by atoms with Crippen LogP contribution in [-0.2, 0) is 13.1 Å². The van der Waals surface area contributed by atoms with Crippen LogP contribution in [0, 0.1) is 6.92 Å². The molecule has 0 spiro atoms. The van der Waals surface area contributed by atoms with Crippen LogP contribution in [0.3, 0.4) is 0 Å². The molecule has 26 heavy (non-hydrogen) atoms. The van der Waals surface area contributed by atoms with Gasteiger partial charge in [-0.15, -0.1) is 0 Å². The standard InChI is InChI=1S/C18H28N6O2/c1-5-24-13(4)14(11-20-24)10-19-18(25)23-9-7-6-8-15(23)17-21-16(12(2)3)22-26-17/h11-12,15H,5-10H2,1-4H3,(H,19,25)/t15-/m0/s1. The number of hydrogen-bond acceptors (Lipinski definition) is 5. The minimum absolute atomic E-state index is 0.0948. The summed E-state index contributed by atoms with van der Waals surface area (Å²) in [5, 5.41) is 11.4. The van der Waals surface area contributed by atoms with Crippen LogP contribution in [0.2, 0.25) is 0 Å². The van der Waals surface area contributed by atoms with Crippen molar-refractivity contribution in [2.75, 3.05) is 6.54 Å². The minimum atomic E-state index is -0.150. The van der Waals surface area contributed by atoms with E-state index >= 15 is 0 Å². The topological polar surface area (TPSA) is 89.1 Å². The number of urea groups is 1. The molecular weight excluding hydrogens is 332 g/mol. The molecule has 1 atom stereocenters. The minimum Gasteiger partial charge on any atom is -0.337 e. The number of likely N-dealkylation sites (tertiary alicyclic amines) is 1. The van der Waals surface area contributed by atoms with Crippen LogP contribution in [0.15, 0.2) is 10.7 Å². The van der Waals surface area contributed by atoms with Gasteiger partial charge in [0.25, 0.3) is 0 Å². The Bertz CT molecular complexity index is 751. The van der Waals surface area contributed by atoms with Crippen molar-refractivity contribution >= 4 is 6.03 Å². The molecule has 1 aliphatic rings. The van der Waals surface area contributed by atoms with E-state index in [0.29, 0.717) is 24.8 Å². The summed E-state index contributed by atoms with van der Waals surface area (Å²) in [6, 6.07) is -0.245. The fourth-order valence-electron chi connectivity index (χ4n) is 3.30. The van der Waals surface area contributed by atoms with E-state index in [1.807, 2.05) is 36.5 Å². The first-order chi connectivity index (χ1) is 12.5. The van der Waals surface area contributed by atoms with E-state index in [4.69, 9.17) is 4.52 Å². The highest BCUT2D eigenvalue weighted by atomic mass is 16.5. The molecule has 1 saturated heterocycles. The van der Waals surface area contributed by atoms with Gasteiger partial charge in [0.05, 0.1) is 6.20 Å². The smallest absolute Gasteiger partial charge is 0.318 e. The van der Waals surface area contributed by atoms with Gasteiger partial charge in [0.1, 0.15) is 6.04 Å².